The van der Waals surface area contributed by atoms with Gasteiger partial charge in [0.25, 0.3) is 0 Å². The summed E-state index contributed by atoms with van der Waals surface area (Å²) >= 11 is 0. The molecule has 0 radical (unpaired) electrons. The minimum absolute atomic E-state index is 0. The fourth-order valence-corrected chi connectivity index (χ4v) is 2.19. The van der Waals surface area contributed by atoms with Gasteiger partial charge in [-0.25, -0.2) is 0 Å². The van der Waals surface area contributed by atoms with Gasteiger partial charge >= 0.3 is 0 Å². The first kappa shape index (κ1) is 21.1. The SMILES string of the molecule is [C-]1=CCCC=CCC1.[Pt].[c-]1cccc2ccccc12.[c-]1ccccc1. The number of hydrogen-bond acceptors (Lipinski definition) is 0. The Kier molecular flexibility index (Phi) is 12.2. The quantitative estimate of drug-likeness (QED) is 0.238. The standard InChI is InChI=1S/C10H7.C8H11.C6H5.Pt/c1-2-6-10-8-4-3-7-9(10)5-1;1-2-4-6-8-7-5-3-1;1-2-4-6-5-3-1;/h1-7H;1-2,7H,3-6H2;1-5H;/q3*-1;. The number of allylic oxidation sites excluding steroid dienone is 4. The summed E-state index contributed by atoms with van der Waals surface area (Å²) in [6.45, 7) is 0. The van der Waals surface area contributed by atoms with Gasteiger partial charge in [0.1, 0.15) is 0 Å². The molecule has 3 aromatic carbocycles. The second-order valence-corrected chi connectivity index (χ2v) is 5.33. The average molecular weight is 507 g/mol. The van der Waals surface area contributed by atoms with Crippen LogP contribution in [-0.4, -0.2) is 0 Å². The summed E-state index contributed by atoms with van der Waals surface area (Å²) in [5, 5.41) is 2.44. The van der Waals surface area contributed by atoms with Crippen LogP contribution >= 0.6 is 0 Å². The minimum Gasteiger partial charge on any atom is -0.500 e. The number of benzene rings is 3. The third kappa shape index (κ3) is 9.85. The first-order chi connectivity index (χ1) is 12.0. The van der Waals surface area contributed by atoms with Crippen molar-refractivity contribution in [3.8, 4) is 0 Å². The van der Waals surface area contributed by atoms with E-state index < -0.39 is 0 Å². The molecule has 0 saturated carbocycles. The Morgan fingerprint density at radius 2 is 1.44 bits per heavy atom. The maximum atomic E-state index is 3.21. The number of fused-ring (bicyclic) bond motifs is 1. The van der Waals surface area contributed by atoms with E-state index in [1.165, 1.54) is 30.0 Å². The summed E-state index contributed by atoms with van der Waals surface area (Å²) in [7, 11) is 0. The van der Waals surface area contributed by atoms with Crippen molar-refractivity contribution in [3.63, 3.8) is 0 Å². The fraction of sp³-hybridized carbons (Fsp3) is 0.167. The zero-order valence-electron chi connectivity index (χ0n) is 14.3. The van der Waals surface area contributed by atoms with Gasteiger partial charge in [-0.3, -0.25) is 6.08 Å². The Morgan fingerprint density at radius 3 is 2.16 bits per heavy atom. The van der Waals surface area contributed by atoms with Gasteiger partial charge in [0.15, 0.2) is 0 Å². The van der Waals surface area contributed by atoms with E-state index in [1.807, 2.05) is 54.6 Å². The third-order valence-electron chi connectivity index (χ3n) is 3.42. The van der Waals surface area contributed by atoms with Crippen LogP contribution in [0.15, 0.2) is 91.0 Å². The minimum atomic E-state index is 0. The molecule has 0 bridgehead atoms. The first-order valence-electron chi connectivity index (χ1n) is 8.43. The molecule has 0 aliphatic heterocycles. The van der Waals surface area contributed by atoms with Crippen molar-refractivity contribution in [1.29, 1.82) is 0 Å². The summed E-state index contributed by atoms with van der Waals surface area (Å²) in [5.74, 6) is 0. The Morgan fingerprint density at radius 1 is 0.680 bits per heavy atom. The molecule has 1 aliphatic carbocycles. The summed E-state index contributed by atoms with van der Waals surface area (Å²) in [4.78, 5) is 0. The van der Waals surface area contributed by atoms with Crippen molar-refractivity contribution in [3.05, 3.63) is 109 Å². The third-order valence-corrected chi connectivity index (χ3v) is 3.42. The molecular formula is C24H23Pt-3. The molecule has 0 unspecified atom stereocenters. The van der Waals surface area contributed by atoms with E-state index in [2.05, 4.69) is 54.6 Å². The van der Waals surface area contributed by atoms with E-state index in [4.69, 9.17) is 0 Å². The molecule has 0 amide bonds. The summed E-state index contributed by atoms with van der Waals surface area (Å²) in [6, 6.07) is 29.9. The molecule has 0 fully saturated rings. The van der Waals surface area contributed by atoms with Gasteiger partial charge in [0.05, 0.1) is 0 Å². The van der Waals surface area contributed by atoms with Crippen LogP contribution in [0.4, 0.5) is 0 Å². The molecule has 25 heavy (non-hydrogen) atoms. The van der Waals surface area contributed by atoms with Gasteiger partial charge in [0, 0.05) is 21.1 Å². The van der Waals surface area contributed by atoms with Crippen LogP contribution in [0.1, 0.15) is 25.7 Å². The zero-order valence-corrected chi connectivity index (χ0v) is 16.6. The van der Waals surface area contributed by atoms with Gasteiger partial charge in [-0.15, -0.1) is 47.2 Å². The molecule has 3 aromatic rings. The van der Waals surface area contributed by atoms with Crippen LogP contribution in [0, 0.1) is 18.2 Å². The van der Waals surface area contributed by atoms with Gasteiger partial charge in [0.2, 0.25) is 0 Å². The normalized spacial score (nSPS) is 12.3. The monoisotopic (exact) mass is 506 g/mol. The molecule has 1 heteroatoms. The maximum Gasteiger partial charge on any atom is 0 e. The van der Waals surface area contributed by atoms with Crippen molar-refractivity contribution in [1.82, 2.24) is 0 Å². The van der Waals surface area contributed by atoms with Crippen molar-refractivity contribution >= 4 is 10.8 Å². The van der Waals surface area contributed by atoms with Crippen LogP contribution in [0.25, 0.3) is 10.8 Å². The Balaban J connectivity index is 0.000000190. The van der Waals surface area contributed by atoms with Crippen LogP contribution in [0.2, 0.25) is 0 Å². The second-order valence-electron chi connectivity index (χ2n) is 5.33. The molecular weight excluding hydrogens is 483 g/mol. The number of rotatable bonds is 0. The van der Waals surface area contributed by atoms with E-state index in [9.17, 15) is 0 Å². The summed E-state index contributed by atoms with van der Waals surface area (Å²) in [5.41, 5.74) is 0. The number of hydrogen-bond donors (Lipinski definition) is 0. The van der Waals surface area contributed by atoms with Crippen molar-refractivity contribution < 1.29 is 21.1 Å². The van der Waals surface area contributed by atoms with Crippen LogP contribution in [0.5, 0.6) is 0 Å². The van der Waals surface area contributed by atoms with Gasteiger partial charge in [-0.1, -0.05) is 37.1 Å². The topological polar surface area (TPSA) is 0 Å². The van der Waals surface area contributed by atoms with Crippen LogP contribution < -0.4 is 0 Å². The molecule has 0 saturated heterocycles. The summed E-state index contributed by atoms with van der Waals surface area (Å²) < 4.78 is 0. The van der Waals surface area contributed by atoms with Gasteiger partial charge in [-0.05, 0) is 6.42 Å². The maximum absolute atomic E-state index is 3.21. The predicted molar refractivity (Wildman–Crippen MR) is 103 cm³/mol. The average Bonchev–Trinajstić information content (AvgIpc) is 2.64. The largest absolute Gasteiger partial charge is 0.500 e. The molecule has 0 aromatic heterocycles. The molecule has 1 aliphatic rings. The van der Waals surface area contributed by atoms with Gasteiger partial charge < -0.3 is 6.08 Å². The molecule has 0 atom stereocenters. The van der Waals surface area contributed by atoms with E-state index >= 15 is 0 Å². The van der Waals surface area contributed by atoms with Crippen LogP contribution in [-0.2, 0) is 21.1 Å². The van der Waals surface area contributed by atoms with Gasteiger partial charge in [-0.2, -0.15) is 42.8 Å². The Hall–Kier alpha value is -1.91. The molecule has 4 rings (SSSR count). The smallest absolute Gasteiger partial charge is 0 e. The van der Waals surface area contributed by atoms with E-state index in [0.29, 0.717) is 0 Å². The Labute approximate surface area is 166 Å². The first-order valence-corrected chi connectivity index (χ1v) is 8.43. The summed E-state index contributed by atoms with van der Waals surface area (Å²) in [6.07, 6.45) is 14.5. The predicted octanol–water partition coefficient (Wildman–Crippen LogP) is 6.60. The molecule has 0 spiro atoms. The van der Waals surface area contributed by atoms with E-state index in [1.54, 1.807) is 0 Å². The van der Waals surface area contributed by atoms with E-state index in [-0.39, 0.29) is 21.1 Å². The zero-order chi connectivity index (χ0) is 16.7. The molecule has 132 valence electrons. The Bertz CT molecular complexity index is 611. The molecule has 0 heterocycles. The second kappa shape index (κ2) is 14.4. The van der Waals surface area contributed by atoms with Crippen molar-refractivity contribution in [2.24, 2.45) is 0 Å². The molecule has 0 nitrogen and oxygen atoms in total. The van der Waals surface area contributed by atoms with Crippen LogP contribution in [0.3, 0.4) is 0 Å². The van der Waals surface area contributed by atoms with Crippen molar-refractivity contribution in [2.75, 3.05) is 0 Å². The van der Waals surface area contributed by atoms with E-state index in [0.717, 1.165) is 6.42 Å². The van der Waals surface area contributed by atoms with Crippen molar-refractivity contribution in [2.45, 2.75) is 25.7 Å². The molecule has 0 N–H and O–H groups in total. The fourth-order valence-electron chi connectivity index (χ4n) is 2.19.